The van der Waals surface area contributed by atoms with Gasteiger partial charge in [0.25, 0.3) is 6.71 Å². The Hall–Kier alpha value is -10.9. The quantitative estimate of drug-likeness (QED) is 0.0853. The zero-order valence-electron chi connectivity index (χ0n) is 69.7. The first-order valence-corrected chi connectivity index (χ1v) is 40.8. The molecule has 2 aliphatic heterocycles. The van der Waals surface area contributed by atoms with Gasteiger partial charge in [-0.15, -0.1) is 0 Å². The Labute approximate surface area is 665 Å². The highest BCUT2D eigenvalue weighted by molar-refractivity contribution is 7.00. The summed E-state index contributed by atoms with van der Waals surface area (Å²) in [6.07, 6.45) is 0. The maximum Gasteiger partial charge on any atom is 0.252 e. The average molecular weight is 1460 g/mol. The van der Waals surface area contributed by atoms with E-state index in [0.717, 1.165) is 22.7 Å². The molecule has 556 valence electrons. The molecular weight excluding hydrogens is 1350 g/mol. The van der Waals surface area contributed by atoms with E-state index in [1.54, 1.807) is 0 Å². The van der Waals surface area contributed by atoms with Gasteiger partial charge >= 0.3 is 0 Å². The Morgan fingerprint density at radius 3 is 1.02 bits per heavy atom. The summed E-state index contributed by atoms with van der Waals surface area (Å²) in [6, 6.07) is 103. The molecule has 15 aromatic carbocycles. The number of aromatic nitrogens is 1. The van der Waals surface area contributed by atoms with Crippen molar-refractivity contribution in [3.63, 3.8) is 0 Å². The monoisotopic (exact) mass is 1460 g/mol. The number of anilines is 6. The molecule has 0 fully saturated rings. The lowest BCUT2D eigenvalue weighted by Gasteiger charge is -2.47. The summed E-state index contributed by atoms with van der Waals surface area (Å²) in [6.45, 7) is 49.5. The van der Waals surface area contributed by atoms with Gasteiger partial charge < -0.3 is 14.4 Å². The summed E-state index contributed by atoms with van der Waals surface area (Å²) in [5.41, 5.74) is 34.3. The second-order valence-corrected chi connectivity index (χ2v) is 39.9. The van der Waals surface area contributed by atoms with Crippen molar-refractivity contribution in [1.29, 1.82) is 0 Å². The number of fused-ring (bicyclic) bond motifs is 5. The van der Waals surface area contributed by atoms with Gasteiger partial charge in [-0.1, -0.05) is 340 Å². The number of hydrogen-bond acceptors (Lipinski definition) is 2. The highest BCUT2D eigenvalue weighted by Gasteiger charge is 2.47. The number of benzene rings is 15. The van der Waals surface area contributed by atoms with Crippen molar-refractivity contribution >= 4 is 111 Å². The Morgan fingerprint density at radius 2 is 0.607 bits per heavy atom. The van der Waals surface area contributed by atoms with Crippen molar-refractivity contribution in [3.05, 3.63) is 300 Å². The van der Waals surface area contributed by atoms with Crippen molar-refractivity contribution < 1.29 is 0 Å². The number of hydrogen-bond donors (Lipinski definition) is 0. The number of nitrogens with zero attached hydrogens (tertiary/aromatic N) is 3. The third-order valence-corrected chi connectivity index (χ3v) is 24.9. The average Bonchev–Trinajstić information content (AvgIpc) is 1.30. The van der Waals surface area contributed by atoms with Gasteiger partial charge in [-0.25, -0.2) is 0 Å². The van der Waals surface area contributed by atoms with E-state index >= 15 is 0 Å². The van der Waals surface area contributed by atoms with Crippen LogP contribution in [0.5, 0.6) is 0 Å². The van der Waals surface area contributed by atoms with E-state index in [2.05, 4.69) is 421 Å². The van der Waals surface area contributed by atoms with Gasteiger partial charge in [0, 0.05) is 61.5 Å². The molecule has 16 aromatic rings. The Morgan fingerprint density at radius 1 is 0.232 bits per heavy atom. The van der Waals surface area contributed by atoms with Crippen molar-refractivity contribution in [2.24, 2.45) is 0 Å². The van der Waals surface area contributed by atoms with E-state index in [1.807, 2.05) is 0 Å². The SMILES string of the molecule is CC(C)(C)c1ccc(-c2cc(C(C)(C)C)cc(-c3ccc(C(C)(C)C)cc3)c2N2c3ccc(-c4cc(C(C)(C)C)cc(C(C)(C)C)c4)cc3B3c4ccc(-n5c6ccc7cccc8c9cccc%10ccc5c(c%109)c6c78)cc4N(c4c(-c5ccccc5)cc(C(C)(C)C)cc4-c4ccccc4)c4cc(C(C)(C)C)cc2c43)cc1. The molecule has 1 aromatic heterocycles. The van der Waals surface area contributed by atoms with Gasteiger partial charge in [0.1, 0.15) is 0 Å². The Bertz CT molecular complexity index is 6160. The van der Waals surface area contributed by atoms with Crippen LogP contribution in [0.15, 0.2) is 261 Å². The van der Waals surface area contributed by atoms with E-state index in [9.17, 15) is 0 Å². The van der Waals surface area contributed by atoms with Crippen LogP contribution in [-0.2, 0) is 37.9 Å². The zero-order valence-corrected chi connectivity index (χ0v) is 69.7. The van der Waals surface area contributed by atoms with Crippen molar-refractivity contribution in [3.8, 4) is 61.3 Å². The molecule has 112 heavy (non-hydrogen) atoms. The summed E-state index contributed by atoms with van der Waals surface area (Å²) < 4.78 is 2.61. The van der Waals surface area contributed by atoms with Crippen LogP contribution in [0.1, 0.15) is 184 Å². The molecule has 0 bridgehead atoms. The van der Waals surface area contributed by atoms with Crippen LogP contribution in [0.3, 0.4) is 0 Å². The van der Waals surface area contributed by atoms with Crippen LogP contribution in [-0.4, -0.2) is 11.3 Å². The molecule has 3 nitrogen and oxygen atoms in total. The second kappa shape index (κ2) is 25.3. The van der Waals surface area contributed by atoms with E-state index in [1.165, 1.54) is 182 Å². The van der Waals surface area contributed by atoms with Crippen LogP contribution in [0.25, 0.3) is 115 Å². The van der Waals surface area contributed by atoms with Crippen LogP contribution >= 0.6 is 0 Å². The molecule has 4 heteroatoms. The fraction of sp³-hybridized carbons (Fsp3) is 0.259. The van der Waals surface area contributed by atoms with E-state index < -0.39 is 0 Å². The maximum absolute atomic E-state index is 2.78. The summed E-state index contributed by atoms with van der Waals surface area (Å²) >= 11 is 0. The van der Waals surface area contributed by atoms with Gasteiger partial charge in [-0.2, -0.15) is 0 Å². The molecular formula is C108H106BN3. The van der Waals surface area contributed by atoms with Crippen LogP contribution in [0, 0.1) is 0 Å². The third-order valence-electron chi connectivity index (χ3n) is 24.9. The Balaban J connectivity index is 1.04. The second-order valence-electron chi connectivity index (χ2n) is 39.9. The largest absolute Gasteiger partial charge is 0.310 e. The molecule has 0 amide bonds. The topological polar surface area (TPSA) is 11.4 Å². The molecule has 0 radical (unpaired) electrons. The first kappa shape index (κ1) is 72.6. The molecule has 0 spiro atoms. The predicted octanol–water partition coefficient (Wildman–Crippen LogP) is 28.6. The minimum absolute atomic E-state index is 0.0503. The molecule has 0 aliphatic carbocycles. The molecule has 18 rings (SSSR count). The van der Waals surface area contributed by atoms with Gasteiger partial charge in [0.15, 0.2) is 0 Å². The number of rotatable bonds is 8. The smallest absolute Gasteiger partial charge is 0.252 e. The summed E-state index contributed by atoms with van der Waals surface area (Å²) in [5.74, 6) is 0. The van der Waals surface area contributed by atoms with Crippen LogP contribution in [0.2, 0.25) is 0 Å². The highest BCUT2D eigenvalue weighted by Crippen LogP contribution is 2.57. The van der Waals surface area contributed by atoms with Crippen molar-refractivity contribution in [2.75, 3.05) is 9.80 Å². The van der Waals surface area contributed by atoms with E-state index in [0.29, 0.717) is 0 Å². The van der Waals surface area contributed by atoms with Gasteiger partial charge in [-0.3, -0.25) is 0 Å². The minimum atomic E-state index is -0.333. The first-order valence-electron chi connectivity index (χ1n) is 40.8. The molecule has 2 aliphatic rings. The Kier molecular flexibility index (Phi) is 16.4. The molecule has 0 saturated carbocycles. The van der Waals surface area contributed by atoms with Gasteiger partial charge in [0.2, 0.25) is 0 Å². The van der Waals surface area contributed by atoms with Crippen LogP contribution < -0.4 is 26.2 Å². The van der Waals surface area contributed by atoms with Gasteiger partial charge in [0.05, 0.1) is 22.4 Å². The van der Waals surface area contributed by atoms with Gasteiger partial charge in [-0.05, 0) is 226 Å². The molecule has 0 unspecified atom stereocenters. The first-order chi connectivity index (χ1) is 53.0. The third kappa shape index (κ3) is 11.9. The molecule has 0 atom stereocenters. The lowest BCUT2D eigenvalue weighted by Crippen LogP contribution is -2.61. The lowest BCUT2D eigenvalue weighted by molar-refractivity contribution is 0.569. The minimum Gasteiger partial charge on any atom is -0.310 e. The molecule has 0 saturated heterocycles. The zero-order chi connectivity index (χ0) is 78.6. The summed E-state index contributed by atoms with van der Waals surface area (Å²) in [5, 5.41) is 10.4. The standard InChI is InChI=1S/C108H106BN3/c1-102(2,3)73-45-38-67(39-46-73)85-60-78(107(16,17)18)61-86(68-40-47-74(48-41-68)103(4,5)6)100(85)111-89-51-44-71(72-54-75(104(7,8)9)57-76(55-72)105(10,11)12)56-88(89)109-87-50-49-80(110-90-52-42-69-34-28-36-81-82-37-29-35-70-43-53-91(110)98(96(70)82)97(90)95(69)81)64-92(87)112(94-63-79(108(19,20)21)62-93(111)99(94)109)101-83(65-30-24-22-25-31-65)58-77(106(13,14)15)59-84(101)66-32-26-23-27-33-66/h22-64H,1-21H3. The van der Waals surface area contributed by atoms with Crippen LogP contribution in [0.4, 0.5) is 34.1 Å². The van der Waals surface area contributed by atoms with E-state index in [4.69, 9.17) is 0 Å². The van der Waals surface area contributed by atoms with Crippen molar-refractivity contribution in [1.82, 2.24) is 4.57 Å². The molecule has 0 N–H and O–H groups in total. The fourth-order valence-electron chi connectivity index (χ4n) is 18.4. The fourth-order valence-corrected chi connectivity index (χ4v) is 18.4. The highest BCUT2D eigenvalue weighted by atomic mass is 15.2. The summed E-state index contributed by atoms with van der Waals surface area (Å²) in [7, 11) is 0. The molecule has 3 heterocycles. The van der Waals surface area contributed by atoms with Crippen molar-refractivity contribution in [2.45, 2.75) is 183 Å². The normalized spacial score (nSPS) is 13.7. The maximum atomic E-state index is 2.78. The lowest BCUT2D eigenvalue weighted by atomic mass is 9.33. The predicted molar refractivity (Wildman–Crippen MR) is 488 cm³/mol. The van der Waals surface area contributed by atoms with E-state index in [-0.39, 0.29) is 44.6 Å². The summed E-state index contributed by atoms with van der Waals surface area (Å²) in [4.78, 5) is 5.55.